The van der Waals surface area contributed by atoms with Gasteiger partial charge in [0.15, 0.2) is 0 Å². The molecule has 0 bridgehead atoms. The highest BCUT2D eigenvalue weighted by Gasteiger charge is 2.15. The Morgan fingerprint density at radius 2 is 2.29 bits per heavy atom. The summed E-state index contributed by atoms with van der Waals surface area (Å²) in [6.45, 7) is 1.99. The molecule has 0 radical (unpaired) electrons. The normalized spacial score (nSPS) is 16.4. The van der Waals surface area contributed by atoms with Gasteiger partial charge in [-0.2, -0.15) is 0 Å². The maximum absolute atomic E-state index is 10.6. The molecule has 0 aliphatic heterocycles. The highest BCUT2D eigenvalue weighted by molar-refractivity contribution is 5.54. The molecule has 0 aromatic heterocycles. The van der Waals surface area contributed by atoms with Gasteiger partial charge in [0.1, 0.15) is 6.29 Å². The second-order valence-corrected chi connectivity index (χ2v) is 4.23. The van der Waals surface area contributed by atoms with Crippen LogP contribution >= 0.6 is 0 Å². The topological polar surface area (TPSA) is 17.1 Å². The monoisotopic (exact) mass is 188 g/mol. The number of aryl methyl sites for hydroxylation is 1. The number of carbonyl (C=O) groups excluding carboxylic acids is 1. The summed E-state index contributed by atoms with van der Waals surface area (Å²) in [5, 5.41) is 0. The van der Waals surface area contributed by atoms with E-state index >= 15 is 0 Å². The van der Waals surface area contributed by atoms with E-state index in [1.54, 1.807) is 0 Å². The third-order valence-electron chi connectivity index (χ3n) is 3.02. The van der Waals surface area contributed by atoms with Crippen LogP contribution in [0.1, 0.15) is 30.0 Å². The zero-order valence-corrected chi connectivity index (χ0v) is 8.62. The van der Waals surface area contributed by atoms with Crippen molar-refractivity contribution in [1.29, 1.82) is 0 Å². The van der Waals surface area contributed by atoms with Gasteiger partial charge in [0.05, 0.1) is 0 Å². The summed E-state index contributed by atoms with van der Waals surface area (Å²) in [5.74, 6) is 0.155. The van der Waals surface area contributed by atoms with Crippen LogP contribution in [0.3, 0.4) is 0 Å². The van der Waals surface area contributed by atoms with E-state index in [2.05, 4.69) is 18.2 Å². The Kier molecular flexibility index (Phi) is 2.67. The van der Waals surface area contributed by atoms with Crippen molar-refractivity contribution < 1.29 is 4.79 Å². The van der Waals surface area contributed by atoms with Crippen LogP contribution in [0.2, 0.25) is 0 Å². The molecule has 1 aromatic rings. The smallest absolute Gasteiger partial charge is 0.123 e. The minimum Gasteiger partial charge on any atom is -0.303 e. The van der Waals surface area contributed by atoms with Crippen LogP contribution in [0.15, 0.2) is 18.2 Å². The molecule has 1 unspecified atom stereocenters. The largest absolute Gasteiger partial charge is 0.303 e. The van der Waals surface area contributed by atoms with Crippen molar-refractivity contribution in [3.05, 3.63) is 34.9 Å². The summed E-state index contributed by atoms with van der Waals surface area (Å²) >= 11 is 0. The third-order valence-corrected chi connectivity index (χ3v) is 3.02. The first kappa shape index (κ1) is 9.45. The van der Waals surface area contributed by atoms with Gasteiger partial charge < -0.3 is 4.79 Å². The number of aldehydes is 1. The van der Waals surface area contributed by atoms with Gasteiger partial charge in [-0.15, -0.1) is 0 Å². The summed E-state index contributed by atoms with van der Waals surface area (Å²) in [5.41, 5.74) is 4.40. The first-order valence-corrected chi connectivity index (χ1v) is 5.36. The summed E-state index contributed by atoms with van der Waals surface area (Å²) in [6, 6.07) is 6.51. The van der Waals surface area contributed by atoms with E-state index in [1.807, 2.05) is 6.92 Å². The van der Waals surface area contributed by atoms with Crippen molar-refractivity contribution in [2.45, 2.75) is 32.6 Å². The molecule has 1 nitrogen and oxygen atoms in total. The lowest BCUT2D eigenvalue weighted by atomic mass is 9.95. The van der Waals surface area contributed by atoms with Gasteiger partial charge in [-0.3, -0.25) is 0 Å². The fourth-order valence-corrected chi connectivity index (χ4v) is 2.29. The predicted octanol–water partition coefficient (Wildman–Crippen LogP) is 2.55. The molecule has 1 atom stereocenters. The highest BCUT2D eigenvalue weighted by Crippen LogP contribution is 2.26. The number of fused-ring (bicyclic) bond motifs is 1. The molecule has 0 fully saturated rings. The van der Waals surface area contributed by atoms with Crippen LogP contribution < -0.4 is 0 Å². The van der Waals surface area contributed by atoms with Gasteiger partial charge in [0.25, 0.3) is 0 Å². The minimum atomic E-state index is 0.155. The molecular formula is C13H16O. The lowest BCUT2D eigenvalue weighted by Gasteiger charge is -2.09. The maximum atomic E-state index is 10.6. The molecule has 0 N–H and O–H groups in total. The van der Waals surface area contributed by atoms with Crippen molar-refractivity contribution in [2.24, 2.45) is 5.92 Å². The number of hydrogen-bond donors (Lipinski definition) is 0. The second-order valence-electron chi connectivity index (χ2n) is 4.23. The Labute approximate surface area is 85.1 Å². The summed E-state index contributed by atoms with van der Waals surface area (Å²) in [7, 11) is 0. The zero-order chi connectivity index (χ0) is 9.97. The Morgan fingerprint density at radius 1 is 1.43 bits per heavy atom. The Morgan fingerprint density at radius 3 is 3.07 bits per heavy atom. The van der Waals surface area contributed by atoms with Crippen LogP contribution in [0.5, 0.6) is 0 Å². The number of benzene rings is 1. The fourth-order valence-electron chi connectivity index (χ4n) is 2.29. The molecule has 14 heavy (non-hydrogen) atoms. The van der Waals surface area contributed by atoms with Crippen LogP contribution in [0.4, 0.5) is 0 Å². The summed E-state index contributed by atoms with van der Waals surface area (Å²) in [4.78, 5) is 10.6. The molecule has 1 aliphatic rings. The van der Waals surface area contributed by atoms with E-state index in [9.17, 15) is 4.79 Å². The fraction of sp³-hybridized carbons (Fsp3) is 0.462. The molecule has 2 rings (SSSR count). The van der Waals surface area contributed by atoms with Crippen molar-refractivity contribution >= 4 is 6.29 Å². The van der Waals surface area contributed by atoms with Crippen LogP contribution in [0, 0.1) is 5.92 Å². The van der Waals surface area contributed by atoms with Crippen LogP contribution in [0.25, 0.3) is 0 Å². The third kappa shape index (κ3) is 1.72. The van der Waals surface area contributed by atoms with E-state index in [0.717, 1.165) is 12.7 Å². The number of carbonyl (C=O) groups is 1. The Bertz CT molecular complexity index is 341. The molecule has 1 heteroatoms. The van der Waals surface area contributed by atoms with Gasteiger partial charge >= 0.3 is 0 Å². The van der Waals surface area contributed by atoms with Crippen molar-refractivity contribution in [1.82, 2.24) is 0 Å². The van der Waals surface area contributed by atoms with Crippen molar-refractivity contribution in [2.75, 3.05) is 0 Å². The SMILES string of the molecule is CC(C=O)Cc1cccc2c1CCC2. The van der Waals surface area contributed by atoms with Gasteiger partial charge in [0, 0.05) is 5.92 Å². The molecule has 0 spiro atoms. The van der Waals surface area contributed by atoms with E-state index in [-0.39, 0.29) is 5.92 Å². The average Bonchev–Trinajstić information content (AvgIpc) is 2.66. The molecule has 74 valence electrons. The van der Waals surface area contributed by atoms with Crippen LogP contribution in [-0.4, -0.2) is 6.29 Å². The minimum absolute atomic E-state index is 0.155. The van der Waals surface area contributed by atoms with E-state index in [1.165, 1.54) is 36.0 Å². The van der Waals surface area contributed by atoms with Gasteiger partial charge in [-0.1, -0.05) is 25.1 Å². The Hall–Kier alpha value is -1.11. The van der Waals surface area contributed by atoms with E-state index < -0.39 is 0 Å². The molecule has 1 aromatic carbocycles. The molecule has 0 amide bonds. The van der Waals surface area contributed by atoms with Gasteiger partial charge in [-0.25, -0.2) is 0 Å². The molecule has 1 aliphatic carbocycles. The molecule has 0 saturated heterocycles. The molecule has 0 saturated carbocycles. The lowest BCUT2D eigenvalue weighted by molar-refractivity contribution is -0.110. The van der Waals surface area contributed by atoms with E-state index in [0.29, 0.717) is 0 Å². The first-order valence-electron chi connectivity index (χ1n) is 5.36. The van der Waals surface area contributed by atoms with E-state index in [4.69, 9.17) is 0 Å². The zero-order valence-electron chi connectivity index (χ0n) is 8.62. The number of hydrogen-bond acceptors (Lipinski definition) is 1. The van der Waals surface area contributed by atoms with Crippen molar-refractivity contribution in [3.63, 3.8) is 0 Å². The Balaban J connectivity index is 2.26. The highest BCUT2D eigenvalue weighted by atomic mass is 16.1. The first-order chi connectivity index (χ1) is 6.81. The molecule has 0 heterocycles. The van der Waals surface area contributed by atoms with Gasteiger partial charge in [-0.05, 0) is 42.4 Å². The summed E-state index contributed by atoms with van der Waals surface area (Å²) in [6.07, 6.45) is 5.67. The van der Waals surface area contributed by atoms with Crippen molar-refractivity contribution in [3.8, 4) is 0 Å². The number of rotatable bonds is 3. The summed E-state index contributed by atoms with van der Waals surface area (Å²) < 4.78 is 0. The second kappa shape index (κ2) is 3.95. The van der Waals surface area contributed by atoms with Crippen LogP contribution in [-0.2, 0) is 24.1 Å². The lowest BCUT2D eigenvalue weighted by Crippen LogP contribution is -2.03. The van der Waals surface area contributed by atoms with Gasteiger partial charge in [0.2, 0.25) is 0 Å². The quantitative estimate of drug-likeness (QED) is 0.666. The maximum Gasteiger partial charge on any atom is 0.123 e. The average molecular weight is 188 g/mol. The predicted molar refractivity (Wildman–Crippen MR) is 57.4 cm³/mol. The standard InChI is InChI=1S/C13H16O/c1-10(9-14)8-12-6-2-4-11-5-3-7-13(11)12/h2,4,6,9-10H,3,5,7-8H2,1H3. The molecular weight excluding hydrogens is 172 g/mol.